The van der Waals surface area contributed by atoms with Crippen LogP contribution >= 0.6 is 8.25 Å². The van der Waals surface area contributed by atoms with Crippen LogP contribution in [0.25, 0.3) is 0 Å². The molecule has 1 rings (SSSR count). The Morgan fingerprint density at radius 3 is 1.53 bits per heavy atom. The highest BCUT2D eigenvalue weighted by atomic mass is 31.1. The first-order chi connectivity index (χ1) is 7.05. The number of hydrogen-bond acceptors (Lipinski definition) is 3. The van der Waals surface area contributed by atoms with Gasteiger partial charge in [-0.2, -0.15) is 0 Å². The Balaban J connectivity index is 2.92. The summed E-state index contributed by atoms with van der Waals surface area (Å²) in [4.78, 5) is 0. The Morgan fingerprint density at radius 2 is 1.27 bits per heavy atom. The van der Waals surface area contributed by atoms with Gasteiger partial charge in [0.15, 0.2) is 0 Å². The van der Waals surface area contributed by atoms with E-state index in [-0.39, 0.29) is 0 Å². The molecule has 0 radical (unpaired) electrons. The summed E-state index contributed by atoms with van der Waals surface area (Å²) in [5.41, 5.74) is 1.15. The highest BCUT2D eigenvalue weighted by molar-refractivity contribution is 7.40. The number of rotatable bonds is 4. The fraction of sp³-hybridized carbons (Fsp3) is 1.00. The van der Waals surface area contributed by atoms with E-state index in [4.69, 9.17) is 8.43 Å². The van der Waals surface area contributed by atoms with E-state index >= 15 is 0 Å². The van der Waals surface area contributed by atoms with Gasteiger partial charge in [-0.05, 0) is 29.8 Å². The molecule has 15 heavy (non-hydrogen) atoms. The van der Waals surface area contributed by atoms with Crippen molar-refractivity contribution in [2.75, 3.05) is 0 Å². The fourth-order valence-corrected chi connectivity index (χ4v) is 19.6. The summed E-state index contributed by atoms with van der Waals surface area (Å²) in [5.74, 6) is 0. The zero-order chi connectivity index (χ0) is 11.5. The van der Waals surface area contributed by atoms with Crippen molar-refractivity contribution in [2.45, 2.75) is 57.5 Å². The lowest BCUT2D eigenvalue weighted by molar-refractivity contribution is 0.385. The molecule has 0 aromatic heterocycles. The molecule has 0 aromatic rings. The first-order valence-corrected chi connectivity index (χ1v) is 12.3. The van der Waals surface area contributed by atoms with Crippen molar-refractivity contribution in [1.82, 2.24) is 0 Å². The third kappa shape index (κ3) is 2.83. The van der Waals surface area contributed by atoms with Crippen LogP contribution in [0.1, 0.15) is 27.7 Å². The van der Waals surface area contributed by atoms with Crippen LogP contribution in [0, 0.1) is 0 Å². The Hall–Kier alpha value is 0.584. The highest BCUT2D eigenvalue weighted by Crippen LogP contribution is 2.48. The van der Waals surface area contributed by atoms with Gasteiger partial charge in [-0.15, -0.1) is 0 Å². The minimum absolute atomic E-state index is 1.08. The molecule has 1 aliphatic heterocycles. The molecule has 3 nitrogen and oxygen atoms in total. The molecule has 1 aliphatic rings. The van der Waals surface area contributed by atoms with E-state index in [9.17, 15) is 4.57 Å². The molecule has 0 atom stereocenters. The van der Waals surface area contributed by atoms with Crippen molar-refractivity contribution >= 4 is 24.9 Å². The second-order valence-corrected chi connectivity index (χ2v) is 15.5. The van der Waals surface area contributed by atoms with Crippen LogP contribution < -0.4 is 0 Å². The molecule has 1 fully saturated rings. The predicted octanol–water partition coefficient (Wildman–Crippen LogP) is 3.93. The molecule has 1 saturated heterocycles. The van der Waals surface area contributed by atoms with Crippen LogP contribution in [0.5, 0.6) is 0 Å². The van der Waals surface area contributed by atoms with Gasteiger partial charge in [-0.25, -0.2) is 0 Å². The van der Waals surface area contributed by atoms with Crippen LogP contribution in [-0.2, 0) is 13.0 Å². The second-order valence-electron chi connectivity index (χ2n) is 4.41. The molecule has 0 amide bonds. The maximum Gasteiger partial charge on any atom is 0.299 e. The van der Waals surface area contributed by atoms with Crippen LogP contribution in [0.2, 0.25) is 29.8 Å². The summed E-state index contributed by atoms with van der Waals surface area (Å²) in [6.07, 6.45) is 0. The van der Waals surface area contributed by atoms with Gasteiger partial charge in [0.1, 0.15) is 0 Å². The summed E-state index contributed by atoms with van der Waals surface area (Å²) >= 11 is 0. The van der Waals surface area contributed by atoms with E-state index in [0.29, 0.717) is 0 Å². The monoisotopic (exact) mass is 266 g/mol. The third-order valence-corrected chi connectivity index (χ3v) is 18.9. The lowest BCUT2D eigenvalue weighted by atomic mass is 10.9. The SMILES string of the molecule is CC[Si]1(CC)C[Si](CC)(CC)O[PH](=O)O1. The normalized spacial score (nSPS) is 25.3. The molecule has 0 aliphatic carbocycles. The van der Waals surface area contributed by atoms with Crippen LogP contribution in [-0.4, -0.2) is 16.6 Å². The topological polar surface area (TPSA) is 35.5 Å². The molecule has 0 aromatic carbocycles. The third-order valence-electron chi connectivity index (χ3n) is 3.82. The summed E-state index contributed by atoms with van der Waals surface area (Å²) < 4.78 is 23.2. The van der Waals surface area contributed by atoms with Gasteiger partial charge >= 0.3 is 0 Å². The van der Waals surface area contributed by atoms with Gasteiger partial charge in [0, 0.05) is 0 Å². The van der Waals surface area contributed by atoms with Crippen molar-refractivity contribution in [3.8, 4) is 0 Å². The maximum absolute atomic E-state index is 11.7. The van der Waals surface area contributed by atoms with E-state index < -0.39 is 24.9 Å². The van der Waals surface area contributed by atoms with Gasteiger partial charge in [0.05, 0.1) is 0 Å². The zero-order valence-electron chi connectivity index (χ0n) is 10.3. The summed E-state index contributed by atoms with van der Waals surface area (Å²) in [5, 5.41) is 0. The minimum atomic E-state index is -2.18. The van der Waals surface area contributed by atoms with E-state index in [2.05, 4.69) is 27.7 Å². The lowest BCUT2D eigenvalue weighted by Gasteiger charge is -2.43. The largest absolute Gasteiger partial charge is 0.353 e. The molecule has 0 N–H and O–H groups in total. The van der Waals surface area contributed by atoms with Crippen LogP contribution in [0.4, 0.5) is 0 Å². The average molecular weight is 266 g/mol. The van der Waals surface area contributed by atoms with E-state index in [1.54, 1.807) is 0 Å². The van der Waals surface area contributed by atoms with Crippen molar-refractivity contribution in [1.29, 1.82) is 0 Å². The molecular weight excluding hydrogens is 243 g/mol. The zero-order valence-corrected chi connectivity index (χ0v) is 13.3. The summed E-state index contributed by atoms with van der Waals surface area (Å²) in [7, 11) is -5.58. The molecule has 0 unspecified atom stereocenters. The van der Waals surface area contributed by atoms with Crippen LogP contribution in [0.3, 0.4) is 0 Å². The van der Waals surface area contributed by atoms with E-state index in [1.165, 1.54) is 0 Å². The predicted molar refractivity (Wildman–Crippen MR) is 69.4 cm³/mol. The summed E-state index contributed by atoms with van der Waals surface area (Å²) in [6, 6.07) is 4.33. The molecule has 1 heterocycles. The smallest absolute Gasteiger partial charge is 0.299 e. The molecule has 0 bridgehead atoms. The molecular formula is C9H23O3PSi2. The first kappa shape index (κ1) is 13.6. The Kier molecular flexibility index (Phi) is 4.80. The first-order valence-electron chi connectivity index (χ1n) is 5.97. The van der Waals surface area contributed by atoms with Gasteiger partial charge in [0.25, 0.3) is 8.25 Å². The fourth-order valence-electron chi connectivity index (χ4n) is 2.32. The van der Waals surface area contributed by atoms with Crippen molar-refractivity contribution < 1.29 is 13.0 Å². The highest BCUT2D eigenvalue weighted by Gasteiger charge is 2.49. The van der Waals surface area contributed by atoms with Crippen molar-refractivity contribution in [3.05, 3.63) is 0 Å². The van der Waals surface area contributed by atoms with Crippen LogP contribution in [0.15, 0.2) is 0 Å². The van der Waals surface area contributed by atoms with Crippen molar-refractivity contribution in [3.63, 3.8) is 0 Å². The molecule has 90 valence electrons. The lowest BCUT2D eigenvalue weighted by Crippen LogP contribution is -2.51. The Bertz CT molecular complexity index is 218. The molecule has 0 spiro atoms. The van der Waals surface area contributed by atoms with E-state index in [1.807, 2.05) is 0 Å². The Labute approximate surface area is 95.8 Å². The van der Waals surface area contributed by atoms with E-state index in [0.717, 1.165) is 29.8 Å². The van der Waals surface area contributed by atoms with Gasteiger partial charge < -0.3 is 8.43 Å². The minimum Gasteiger partial charge on any atom is -0.353 e. The molecule has 6 heteroatoms. The Morgan fingerprint density at radius 1 is 0.933 bits per heavy atom. The van der Waals surface area contributed by atoms with Gasteiger partial charge in [-0.1, -0.05) is 27.7 Å². The van der Waals surface area contributed by atoms with Gasteiger partial charge in [-0.3, -0.25) is 4.57 Å². The number of hydrogen-bond donors (Lipinski definition) is 0. The summed E-state index contributed by atoms with van der Waals surface area (Å²) in [6.45, 7) is 8.72. The molecule has 0 saturated carbocycles. The maximum atomic E-state index is 11.7. The van der Waals surface area contributed by atoms with Crippen molar-refractivity contribution in [2.24, 2.45) is 0 Å². The second kappa shape index (κ2) is 5.28. The standard InChI is InChI=1S/C9H23O3PSi2/c1-5-14(6-2)9-15(7-3,8-4)12-13(10)11-14/h13H,5-9H2,1-4H3. The van der Waals surface area contributed by atoms with Gasteiger partial charge in [0.2, 0.25) is 16.6 Å². The quantitative estimate of drug-likeness (QED) is 0.571. The average Bonchev–Trinajstić information content (AvgIpc) is 2.28.